The molecule has 0 unspecified atom stereocenters. The van der Waals surface area contributed by atoms with E-state index in [0.717, 1.165) is 12.2 Å². The number of methoxy groups -OCH3 is 2. The Balaban J connectivity index is 1.41. The maximum atomic E-state index is 12.7. The van der Waals surface area contributed by atoms with Crippen LogP contribution in [0.5, 0.6) is 11.5 Å². The summed E-state index contributed by atoms with van der Waals surface area (Å²) in [5, 5.41) is 15.0. The summed E-state index contributed by atoms with van der Waals surface area (Å²) >= 11 is 1.30. The molecule has 1 heterocycles. The van der Waals surface area contributed by atoms with Crippen molar-refractivity contribution in [3.63, 3.8) is 0 Å². The van der Waals surface area contributed by atoms with Crippen molar-refractivity contribution in [2.75, 3.05) is 25.3 Å². The SMILES string of the molecule is COc1ccc(NC(=O)CSc2nnc(CNC(=O)c3ccc(OC)cc3)n2CCc2ccccc2)cc1. The van der Waals surface area contributed by atoms with E-state index in [9.17, 15) is 9.59 Å². The Bertz CT molecular complexity index is 1340. The van der Waals surface area contributed by atoms with Gasteiger partial charge in [-0.3, -0.25) is 9.59 Å². The number of rotatable bonds is 12. The molecule has 3 aromatic carbocycles. The van der Waals surface area contributed by atoms with Crippen LogP contribution in [0.15, 0.2) is 84.0 Å². The third kappa shape index (κ3) is 7.36. The van der Waals surface area contributed by atoms with Gasteiger partial charge in [-0.15, -0.1) is 10.2 Å². The quantitative estimate of drug-likeness (QED) is 0.264. The molecule has 0 aliphatic rings. The zero-order chi connectivity index (χ0) is 26.7. The first-order valence-electron chi connectivity index (χ1n) is 12.0. The van der Waals surface area contributed by atoms with E-state index < -0.39 is 0 Å². The Kier molecular flexibility index (Phi) is 9.36. The van der Waals surface area contributed by atoms with Crippen LogP contribution in [-0.4, -0.2) is 46.6 Å². The Morgan fingerprint density at radius 3 is 2.18 bits per heavy atom. The number of hydrogen-bond donors (Lipinski definition) is 2. The molecule has 4 aromatic rings. The minimum atomic E-state index is -0.224. The predicted octanol–water partition coefficient (Wildman–Crippen LogP) is 4.20. The highest BCUT2D eigenvalue weighted by Gasteiger charge is 2.16. The van der Waals surface area contributed by atoms with Crippen molar-refractivity contribution < 1.29 is 19.1 Å². The minimum absolute atomic E-state index is 0.160. The van der Waals surface area contributed by atoms with Gasteiger partial charge < -0.3 is 24.7 Å². The summed E-state index contributed by atoms with van der Waals surface area (Å²) < 4.78 is 12.3. The van der Waals surface area contributed by atoms with E-state index in [1.54, 1.807) is 62.8 Å². The average molecular weight is 532 g/mol. The molecule has 1 aromatic heterocycles. The zero-order valence-corrected chi connectivity index (χ0v) is 22.0. The number of amides is 2. The van der Waals surface area contributed by atoms with E-state index in [0.29, 0.717) is 34.5 Å². The lowest BCUT2D eigenvalue weighted by Crippen LogP contribution is -2.25. The molecule has 0 aliphatic heterocycles. The summed E-state index contributed by atoms with van der Waals surface area (Å²) in [5.74, 6) is 1.79. The molecule has 0 radical (unpaired) electrons. The molecular formula is C28H29N5O4S. The molecule has 196 valence electrons. The molecular weight excluding hydrogens is 502 g/mol. The Morgan fingerprint density at radius 2 is 1.53 bits per heavy atom. The maximum Gasteiger partial charge on any atom is 0.251 e. The maximum absolute atomic E-state index is 12.7. The average Bonchev–Trinajstić information content (AvgIpc) is 3.36. The van der Waals surface area contributed by atoms with Gasteiger partial charge in [-0.1, -0.05) is 42.1 Å². The number of ether oxygens (including phenoxy) is 2. The van der Waals surface area contributed by atoms with Crippen LogP contribution >= 0.6 is 11.8 Å². The lowest BCUT2D eigenvalue weighted by atomic mass is 10.1. The van der Waals surface area contributed by atoms with E-state index in [2.05, 4.69) is 33.0 Å². The number of nitrogens with one attached hydrogen (secondary N) is 2. The van der Waals surface area contributed by atoms with Crippen LogP contribution in [0.1, 0.15) is 21.7 Å². The van der Waals surface area contributed by atoms with Gasteiger partial charge in [-0.2, -0.15) is 0 Å². The van der Waals surface area contributed by atoms with E-state index in [1.165, 1.54) is 17.3 Å². The number of benzene rings is 3. The fourth-order valence-corrected chi connectivity index (χ4v) is 4.46. The largest absolute Gasteiger partial charge is 0.497 e. The molecule has 0 fully saturated rings. The van der Waals surface area contributed by atoms with Gasteiger partial charge in [0.2, 0.25) is 5.91 Å². The molecule has 0 saturated heterocycles. The van der Waals surface area contributed by atoms with Gasteiger partial charge in [0.05, 0.1) is 26.5 Å². The second-order valence-electron chi connectivity index (χ2n) is 8.26. The van der Waals surface area contributed by atoms with Crippen molar-refractivity contribution in [1.82, 2.24) is 20.1 Å². The molecule has 9 nitrogen and oxygen atoms in total. The first-order chi connectivity index (χ1) is 18.6. The molecule has 2 amide bonds. The van der Waals surface area contributed by atoms with Crippen molar-refractivity contribution in [3.8, 4) is 11.5 Å². The topological polar surface area (TPSA) is 107 Å². The number of anilines is 1. The van der Waals surface area contributed by atoms with Crippen LogP contribution in [0, 0.1) is 0 Å². The number of carbonyl (C=O) groups is 2. The highest BCUT2D eigenvalue weighted by atomic mass is 32.2. The molecule has 0 atom stereocenters. The van der Waals surface area contributed by atoms with Crippen molar-refractivity contribution in [2.45, 2.75) is 24.7 Å². The number of thioether (sulfide) groups is 1. The Labute approximate surface area is 225 Å². The van der Waals surface area contributed by atoms with Gasteiger partial charge in [-0.25, -0.2) is 0 Å². The minimum Gasteiger partial charge on any atom is -0.497 e. The van der Waals surface area contributed by atoms with Crippen LogP contribution in [-0.2, 0) is 24.3 Å². The summed E-state index contributed by atoms with van der Waals surface area (Å²) in [7, 11) is 3.17. The van der Waals surface area contributed by atoms with E-state index >= 15 is 0 Å². The highest BCUT2D eigenvalue weighted by Crippen LogP contribution is 2.20. The predicted molar refractivity (Wildman–Crippen MR) is 147 cm³/mol. The van der Waals surface area contributed by atoms with E-state index in [-0.39, 0.29) is 24.1 Å². The summed E-state index contributed by atoms with van der Waals surface area (Å²) in [4.78, 5) is 25.2. The normalized spacial score (nSPS) is 10.6. The molecule has 10 heteroatoms. The summed E-state index contributed by atoms with van der Waals surface area (Å²) in [6.45, 7) is 0.804. The fraction of sp³-hybridized carbons (Fsp3) is 0.214. The summed E-state index contributed by atoms with van der Waals surface area (Å²) in [5.41, 5.74) is 2.37. The van der Waals surface area contributed by atoms with Gasteiger partial charge in [0.1, 0.15) is 11.5 Å². The van der Waals surface area contributed by atoms with Crippen LogP contribution in [0.4, 0.5) is 5.69 Å². The molecule has 2 N–H and O–H groups in total. The number of hydrogen-bond acceptors (Lipinski definition) is 7. The van der Waals surface area contributed by atoms with Gasteiger partial charge in [0.15, 0.2) is 11.0 Å². The zero-order valence-electron chi connectivity index (χ0n) is 21.2. The van der Waals surface area contributed by atoms with Crippen LogP contribution in [0.25, 0.3) is 0 Å². The first kappa shape index (κ1) is 26.7. The second kappa shape index (κ2) is 13.3. The molecule has 38 heavy (non-hydrogen) atoms. The molecule has 0 bridgehead atoms. The Morgan fingerprint density at radius 1 is 0.868 bits per heavy atom. The van der Waals surface area contributed by atoms with Crippen LogP contribution in [0.3, 0.4) is 0 Å². The lowest BCUT2D eigenvalue weighted by molar-refractivity contribution is -0.113. The number of nitrogens with zero attached hydrogens (tertiary/aromatic N) is 3. The van der Waals surface area contributed by atoms with Gasteiger partial charge in [0.25, 0.3) is 5.91 Å². The van der Waals surface area contributed by atoms with E-state index in [1.807, 2.05) is 22.8 Å². The van der Waals surface area contributed by atoms with Crippen molar-refractivity contribution >= 4 is 29.3 Å². The molecule has 0 spiro atoms. The number of aryl methyl sites for hydroxylation is 1. The lowest BCUT2D eigenvalue weighted by Gasteiger charge is -2.11. The third-order valence-corrected chi connectivity index (χ3v) is 6.69. The van der Waals surface area contributed by atoms with Crippen LogP contribution < -0.4 is 20.1 Å². The highest BCUT2D eigenvalue weighted by molar-refractivity contribution is 7.99. The number of aromatic nitrogens is 3. The Hall–Kier alpha value is -4.31. The molecule has 0 saturated carbocycles. The van der Waals surface area contributed by atoms with E-state index in [4.69, 9.17) is 9.47 Å². The summed E-state index contributed by atoms with van der Waals surface area (Å²) in [6, 6.07) is 24.1. The molecule has 0 aliphatic carbocycles. The second-order valence-corrected chi connectivity index (χ2v) is 9.21. The van der Waals surface area contributed by atoms with Crippen molar-refractivity contribution in [3.05, 3.63) is 95.8 Å². The van der Waals surface area contributed by atoms with Crippen molar-refractivity contribution in [1.29, 1.82) is 0 Å². The third-order valence-electron chi connectivity index (χ3n) is 5.73. The van der Waals surface area contributed by atoms with Gasteiger partial charge in [0, 0.05) is 17.8 Å². The number of carbonyl (C=O) groups excluding carboxylic acids is 2. The smallest absolute Gasteiger partial charge is 0.251 e. The summed E-state index contributed by atoms with van der Waals surface area (Å²) in [6.07, 6.45) is 0.754. The molecule has 4 rings (SSSR count). The fourth-order valence-electron chi connectivity index (χ4n) is 3.67. The van der Waals surface area contributed by atoms with Crippen LogP contribution in [0.2, 0.25) is 0 Å². The standard InChI is InChI=1S/C28H29N5O4S/c1-36-23-12-8-21(9-13-23)27(35)29-18-25-31-32-28(33(25)17-16-20-6-4-3-5-7-20)38-19-26(34)30-22-10-14-24(37-2)15-11-22/h3-15H,16-19H2,1-2H3,(H,29,35)(H,30,34). The van der Waals surface area contributed by atoms with Gasteiger partial charge >= 0.3 is 0 Å². The first-order valence-corrected chi connectivity index (χ1v) is 13.0. The van der Waals surface area contributed by atoms with Gasteiger partial charge in [-0.05, 0) is 60.5 Å². The monoisotopic (exact) mass is 531 g/mol. The van der Waals surface area contributed by atoms with Crippen molar-refractivity contribution in [2.24, 2.45) is 0 Å².